The first-order chi connectivity index (χ1) is 26.4. The quantitative estimate of drug-likeness (QED) is 0.0591. The fourth-order valence-electron chi connectivity index (χ4n) is 5.74. The van der Waals surface area contributed by atoms with Crippen molar-refractivity contribution in [3.8, 4) is 23.1 Å². The van der Waals surface area contributed by atoms with Crippen molar-refractivity contribution in [2.24, 2.45) is 11.5 Å². The lowest BCUT2D eigenvalue weighted by Crippen LogP contribution is -3.00. The Labute approximate surface area is 338 Å². The predicted molar refractivity (Wildman–Crippen MR) is 194 cm³/mol. The first kappa shape index (κ1) is 46.3. The van der Waals surface area contributed by atoms with E-state index in [2.05, 4.69) is 11.2 Å². The number of aromatic nitrogens is 4. The second-order valence-corrected chi connectivity index (χ2v) is 13.9. The molecule has 5 aromatic rings. The number of hydrogen-bond donors (Lipinski definition) is 4. The first-order valence-corrected chi connectivity index (χ1v) is 17.9. The minimum absolute atomic E-state index is 0. The number of carboxylic acids is 1. The Morgan fingerprint density at radius 1 is 1.09 bits per heavy atom. The summed E-state index contributed by atoms with van der Waals surface area (Å²) in [6.07, 6.45) is -0.734. The molecular weight excluding hydrogens is 841 g/mol. The zero-order chi connectivity index (χ0) is 41.4. The number of halogens is 6. The average molecular weight is 881 g/mol. The number of aryl methyl sites for hydroxylation is 2. The van der Waals surface area contributed by atoms with Crippen LogP contribution in [0.2, 0.25) is 0 Å². The molecule has 0 aliphatic heterocycles. The zero-order valence-electron chi connectivity index (χ0n) is 30.8. The Morgan fingerprint density at radius 2 is 1.72 bits per heavy atom. The number of esters is 1. The van der Waals surface area contributed by atoms with E-state index in [1.54, 1.807) is 48.4 Å². The molecule has 0 spiro atoms. The molecule has 5 rings (SSSR count). The van der Waals surface area contributed by atoms with Crippen LogP contribution in [0.4, 0.5) is 22.0 Å². The van der Waals surface area contributed by atoms with Crippen LogP contribution in [0, 0.1) is 36.8 Å². The summed E-state index contributed by atoms with van der Waals surface area (Å²) in [5.41, 5.74) is 13.9. The number of carbonyl (C=O) groups is 2. The third-order valence-corrected chi connectivity index (χ3v) is 9.73. The number of hydrogen-bond acceptors (Lipinski definition) is 10. The number of ether oxygens (including phenoxy) is 1. The molecule has 19 heteroatoms. The lowest BCUT2D eigenvalue weighted by molar-refractivity contribution is -0.689. The molecule has 0 saturated heterocycles. The van der Waals surface area contributed by atoms with Gasteiger partial charge in [0.2, 0.25) is 6.33 Å². The van der Waals surface area contributed by atoms with Gasteiger partial charge in [-0.3, -0.25) is 0 Å². The summed E-state index contributed by atoms with van der Waals surface area (Å²) in [4.78, 5) is 26.1. The Kier molecular flexibility index (Phi) is 16.1. The summed E-state index contributed by atoms with van der Waals surface area (Å²) in [5, 5.41) is 35.4. The van der Waals surface area contributed by atoms with Gasteiger partial charge in [-0.25, -0.2) is 27.9 Å². The molecule has 3 aromatic carbocycles. The van der Waals surface area contributed by atoms with Gasteiger partial charge in [0.25, 0.3) is 6.33 Å². The van der Waals surface area contributed by atoms with Crippen molar-refractivity contribution >= 4 is 23.3 Å². The number of nitrogens with two attached hydrogens (primary N) is 2. The first-order valence-electron chi connectivity index (χ1n) is 17.0. The van der Waals surface area contributed by atoms with E-state index in [1.165, 1.54) is 22.1 Å². The zero-order valence-corrected chi connectivity index (χ0v) is 33.2. The summed E-state index contributed by atoms with van der Waals surface area (Å²) in [6.45, 7) is 6.13. The van der Waals surface area contributed by atoms with Gasteiger partial charge in [0.05, 0.1) is 28.9 Å². The van der Waals surface area contributed by atoms with Crippen LogP contribution in [-0.2, 0) is 28.3 Å². The normalized spacial score (nSPS) is 13.2. The van der Waals surface area contributed by atoms with E-state index in [-0.39, 0.29) is 29.1 Å². The fraction of sp³-hybridized carbons (Fsp3) is 0.316. The Balaban J connectivity index is 0.000000995. The highest BCUT2D eigenvalue weighted by atomic mass is 79.9. The Bertz CT molecular complexity index is 2190. The maximum absolute atomic E-state index is 15.3. The van der Waals surface area contributed by atoms with Crippen molar-refractivity contribution in [3.63, 3.8) is 0 Å². The molecule has 304 valence electrons. The topological polar surface area (TPSA) is 194 Å². The number of benzene rings is 3. The molecule has 0 fully saturated rings. The monoisotopic (exact) mass is 879 g/mol. The molecule has 2 heterocycles. The Hall–Kier alpha value is -5.13. The van der Waals surface area contributed by atoms with Crippen molar-refractivity contribution in [2.45, 2.75) is 70.4 Å². The third kappa shape index (κ3) is 11.9. The maximum Gasteiger partial charge on any atom is 0.490 e. The molecule has 0 saturated carbocycles. The number of carboxylic acid groups (broad SMARTS) is 1. The number of nitriles is 1. The largest absolute Gasteiger partial charge is 1.00 e. The van der Waals surface area contributed by atoms with Crippen LogP contribution in [0.3, 0.4) is 0 Å². The van der Waals surface area contributed by atoms with E-state index >= 15 is 4.39 Å². The number of carbonyl (C=O) groups excluding carboxylic acids is 1. The number of aliphatic carboxylic acids is 1. The van der Waals surface area contributed by atoms with E-state index in [9.17, 15) is 27.5 Å². The molecule has 0 radical (unpaired) electrons. The van der Waals surface area contributed by atoms with E-state index in [0.717, 1.165) is 34.4 Å². The Morgan fingerprint density at radius 3 is 2.28 bits per heavy atom. The van der Waals surface area contributed by atoms with Gasteiger partial charge in [-0.2, -0.15) is 18.4 Å². The van der Waals surface area contributed by atoms with Gasteiger partial charge in [-0.15, -0.1) is 16.0 Å². The van der Waals surface area contributed by atoms with Crippen molar-refractivity contribution < 1.29 is 68.0 Å². The second-order valence-electron chi connectivity index (χ2n) is 13.0. The molecule has 0 unspecified atom stereocenters. The van der Waals surface area contributed by atoms with Crippen LogP contribution in [-0.4, -0.2) is 55.7 Å². The number of aliphatic hydroxyl groups is 1. The van der Waals surface area contributed by atoms with Crippen molar-refractivity contribution in [1.29, 1.82) is 5.26 Å². The van der Waals surface area contributed by atoms with Crippen LogP contribution < -0.4 is 37.8 Å². The SMILES string of the molecule is Cc1cc(C[n+]2cnn(C[C@](O)(c3ccc(F)cc3F)[C@@H](C)c3nc(-c4ccc(C#N)cc4)cs3)c2)cc(C)c1OC(=O)[C@@H](N)CCCN.O=C(O)C(F)(F)F.[Br-]. The van der Waals surface area contributed by atoms with Crippen molar-refractivity contribution in [2.75, 3.05) is 6.54 Å². The number of nitrogens with zero attached hydrogens (tertiary/aromatic N) is 5. The summed E-state index contributed by atoms with van der Waals surface area (Å²) in [6, 6.07) is 15.2. The molecular formula is C38H39BrF5N7O5S. The number of alkyl halides is 3. The standard InChI is InChI=1S/C36H38F2N7O3S.C2HF3O2.BrH/c1-22-13-26(14-23(2)33(22)48-35(46)31(41)5-4-12-39)17-44-20-42-45(21-44)19-36(47,29-11-10-28(37)15-30(29)38)24(3)34-43-32(18-49-34)27-8-6-25(16-40)7-9-27;3-2(4,5)1(6)7;/h6-11,13-15,18,20-21,24,31,47H,4-5,12,17,19,39,41H2,1-3H3;(H,6,7);1H/q+1;;/p-1/t24-,31-,36+;;/m0../s1. The fourth-order valence-corrected chi connectivity index (χ4v) is 6.71. The summed E-state index contributed by atoms with van der Waals surface area (Å²) in [5.74, 6) is -5.18. The van der Waals surface area contributed by atoms with Gasteiger partial charge < -0.3 is 43.4 Å². The highest BCUT2D eigenvalue weighted by Crippen LogP contribution is 2.41. The molecule has 0 aliphatic carbocycles. The molecule has 0 bridgehead atoms. The summed E-state index contributed by atoms with van der Waals surface area (Å²) >= 11 is 1.31. The average Bonchev–Trinajstić information content (AvgIpc) is 3.81. The van der Waals surface area contributed by atoms with Gasteiger partial charge in [-0.05, 0) is 80.3 Å². The van der Waals surface area contributed by atoms with Crippen molar-refractivity contribution in [1.82, 2.24) is 14.8 Å². The maximum atomic E-state index is 15.3. The molecule has 0 aliphatic rings. The minimum atomic E-state index is -5.08. The highest BCUT2D eigenvalue weighted by molar-refractivity contribution is 7.10. The van der Waals surface area contributed by atoms with Gasteiger partial charge in [0.15, 0.2) is 0 Å². The van der Waals surface area contributed by atoms with Crippen LogP contribution in [0.25, 0.3) is 11.3 Å². The minimum Gasteiger partial charge on any atom is -1.00 e. The molecule has 2 aromatic heterocycles. The van der Waals surface area contributed by atoms with Crippen LogP contribution in [0.15, 0.2) is 72.6 Å². The lowest BCUT2D eigenvalue weighted by atomic mass is 9.82. The van der Waals surface area contributed by atoms with E-state index in [1.807, 2.05) is 31.4 Å². The van der Waals surface area contributed by atoms with Crippen molar-refractivity contribution in [3.05, 3.63) is 117 Å². The van der Waals surface area contributed by atoms with E-state index < -0.39 is 47.3 Å². The third-order valence-electron chi connectivity index (χ3n) is 8.70. The van der Waals surface area contributed by atoms with Gasteiger partial charge in [-0.1, -0.05) is 25.1 Å². The molecule has 3 atom stereocenters. The van der Waals surface area contributed by atoms with Gasteiger partial charge in [0.1, 0.15) is 35.6 Å². The summed E-state index contributed by atoms with van der Waals surface area (Å²) < 4.78 is 70.0. The predicted octanol–water partition coefficient (Wildman–Crippen LogP) is 2.41. The lowest BCUT2D eigenvalue weighted by Gasteiger charge is -2.32. The highest BCUT2D eigenvalue weighted by Gasteiger charge is 2.43. The van der Waals surface area contributed by atoms with Gasteiger partial charge >= 0.3 is 18.1 Å². The van der Waals surface area contributed by atoms with Crippen LogP contribution in [0.5, 0.6) is 5.75 Å². The molecule has 6 N–H and O–H groups in total. The van der Waals surface area contributed by atoms with Crippen LogP contribution >= 0.6 is 11.3 Å². The van der Waals surface area contributed by atoms with Crippen LogP contribution in [0.1, 0.15) is 58.5 Å². The van der Waals surface area contributed by atoms with E-state index in [0.29, 0.717) is 47.9 Å². The number of thiazole rings is 1. The van der Waals surface area contributed by atoms with Gasteiger partial charge in [0, 0.05) is 33.6 Å². The molecule has 57 heavy (non-hydrogen) atoms. The molecule has 0 amide bonds. The molecule has 12 nitrogen and oxygen atoms in total. The number of rotatable bonds is 13. The summed E-state index contributed by atoms with van der Waals surface area (Å²) in [7, 11) is 0. The smallest absolute Gasteiger partial charge is 0.490 e. The second kappa shape index (κ2) is 19.8. The van der Waals surface area contributed by atoms with E-state index in [4.69, 9.17) is 36.4 Å².